The number of H-pyrrole nitrogens is 1. The number of rotatable bonds is 7. The minimum Gasteiger partial charge on any atom is -0.473 e. The van der Waals surface area contributed by atoms with Gasteiger partial charge in [-0.1, -0.05) is 30.7 Å². The predicted molar refractivity (Wildman–Crippen MR) is 139 cm³/mol. The molecule has 4 aromatic rings. The molecule has 10 nitrogen and oxygen atoms in total. The van der Waals surface area contributed by atoms with E-state index < -0.39 is 50.6 Å². The molecule has 0 aliphatic carbocycles. The molecule has 39 heavy (non-hydrogen) atoms. The summed E-state index contributed by atoms with van der Waals surface area (Å²) in [5.74, 6) is -7.22. The molecule has 2 heterocycles. The molecule has 0 aliphatic heterocycles. The first-order valence-electron chi connectivity index (χ1n) is 11.1. The van der Waals surface area contributed by atoms with Gasteiger partial charge in [-0.2, -0.15) is 0 Å². The number of carbonyl (C=O) groups is 3. The standard InChI is InChI=1S/C23H18ClF2N3O3S.C2H2O4/c1-2-9-33(31,32)29-19-8-7-18(25)20(21(19)26)22(30)17-12-28-23-16(17)10-14(11-27-23)13-3-5-15(24)6-4-13;3-1(4)2(5)6/h3-8,10-12,29H,2,9H2,1H3,(H,27,28);(H,3,4)(H,5,6). The minimum atomic E-state index is -3.84. The van der Waals surface area contributed by atoms with Gasteiger partial charge in [0, 0.05) is 33.9 Å². The number of nitrogens with one attached hydrogen (secondary N) is 2. The van der Waals surface area contributed by atoms with E-state index >= 15 is 4.39 Å². The van der Waals surface area contributed by atoms with Crippen molar-refractivity contribution in [1.82, 2.24) is 9.97 Å². The molecule has 4 rings (SSSR count). The van der Waals surface area contributed by atoms with E-state index in [2.05, 4.69) is 14.7 Å². The van der Waals surface area contributed by atoms with Crippen molar-refractivity contribution >= 4 is 56.1 Å². The van der Waals surface area contributed by atoms with Crippen molar-refractivity contribution in [3.63, 3.8) is 0 Å². The summed E-state index contributed by atoms with van der Waals surface area (Å²) < 4.78 is 55.8. The number of aromatic nitrogens is 2. The van der Waals surface area contributed by atoms with Crippen molar-refractivity contribution in [3.8, 4) is 11.1 Å². The fourth-order valence-corrected chi connectivity index (χ4v) is 4.71. The van der Waals surface area contributed by atoms with Crippen LogP contribution in [0.25, 0.3) is 22.2 Å². The van der Waals surface area contributed by atoms with Crippen molar-refractivity contribution < 1.29 is 41.8 Å². The smallest absolute Gasteiger partial charge is 0.414 e. The van der Waals surface area contributed by atoms with Gasteiger partial charge in [-0.05, 0) is 42.3 Å². The number of anilines is 1. The van der Waals surface area contributed by atoms with E-state index in [1.165, 1.54) is 6.20 Å². The van der Waals surface area contributed by atoms with E-state index in [1.54, 1.807) is 43.5 Å². The summed E-state index contributed by atoms with van der Waals surface area (Å²) >= 11 is 5.93. The Hall–Kier alpha value is -4.36. The molecular formula is C25H20ClF2N3O7S. The number of carboxylic acids is 2. The SMILES string of the molecule is CCCS(=O)(=O)Nc1ccc(F)c(C(=O)c2c[nH]c3ncc(-c4ccc(Cl)cc4)cc23)c1F.O=C(O)C(=O)O. The first-order chi connectivity index (χ1) is 18.3. The number of aliphatic carboxylic acids is 2. The van der Waals surface area contributed by atoms with Crippen molar-refractivity contribution in [2.24, 2.45) is 0 Å². The number of hydrogen-bond acceptors (Lipinski definition) is 6. The van der Waals surface area contributed by atoms with Gasteiger partial charge < -0.3 is 15.2 Å². The third kappa shape index (κ3) is 6.94. The summed E-state index contributed by atoms with van der Waals surface area (Å²) in [5.41, 5.74) is 0.474. The second-order valence-electron chi connectivity index (χ2n) is 7.97. The zero-order chi connectivity index (χ0) is 28.9. The zero-order valence-electron chi connectivity index (χ0n) is 20.0. The predicted octanol–water partition coefficient (Wildman–Crippen LogP) is 4.70. The summed E-state index contributed by atoms with van der Waals surface area (Å²) in [6.07, 6.45) is 3.22. The number of aromatic amines is 1. The second kappa shape index (κ2) is 12.0. The van der Waals surface area contributed by atoms with Gasteiger partial charge >= 0.3 is 11.9 Å². The number of sulfonamides is 1. The molecule has 0 atom stereocenters. The van der Waals surface area contributed by atoms with Crippen LogP contribution in [0.5, 0.6) is 0 Å². The number of fused-ring (bicyclic) bond motifs is 1. The first kappa shape index (κ1) is 29.2. The molecule has 2 aromatic carbocycles. The third-order valence-electron chi connectivity index (χ3n) is 5.19. The number of halogens is 3. The lowest BCUT2D eigenvalue weighted by Gasteiger charge is -2.11. The number of carbonyl (C=O) groups excluding carboxylic acids is 1. The second-order valence-corrected chi connectivity index (χ2v) is 10.3. The molecule has 0 saturated carbocycles. The third-order valence-corrected chi connectivity index (χ3v) is 6.92. The van der Waals surface area contributed by atoms with E-state index in [1.807, 2.05) is 0 Å². The molecule has 0 bridgehead atoms. The van der Waals surface area contributed by atoms with Crippen LogP contribution in [0.3, 0.4) is 0 Å². The Labute approximate surface area is 225 Å². The van der Waals surface area contributed by atoms with Crippen LogP contribution in [0.2, 0.25) is 5.02 Å². The highest BCUT2D eigenvalue weighted by molar-refractivity contribution is 7.92. The molecular weight excluding hydrogens is 560 g/mol. The van der Waals surface area contributed by atoms with Crippen molar-refractivity contribution in [2.75, 3.05) is 10.5 Å². The number of ketones is 1. The van der Waals surface area contributed by atoms with E-state index in [-0.39, 0.29) is 11.3 Å². The Morgan fingerprint density at radius 3 is 2.26 bits per heavy atom. The Balaban J connectivity index is 0.000000631. The van der Waals surface area contributed by atoms with Crippen LogP contribution < -0.4 is 4.72 Å². The van der Waals surface area contributed by atoms with Gasteiger partial charge in [0.2, 0.25) is 15.8 Å². The van der Waals surface area contributed by atoms with Crippen LogP contribution >= 0.6 is 11.6 Å². The Morgan fingerprint density at radius 1 is 1.03 bits per heavy atom. The number of nitrogens with zero attached hydrogens (tertiary/aromatic N) is 1. The maximum Gasteiger partial charge on any atom is 0.414 e. The minimum absolute atomic E-state index is 0.000297. The lowest BCUT2D eigenvalue weighted by molar-refractivity contribution is -0.159. The van der Waals surface area contributed by atoms with E-state index in [4.69, 9.17) is 31.4 Å². The Morgan fingerprint density at radius 2 is 1.67 bits per heavy atom. The van der Waals surface area contributed by atoms with Gasteiger partial charge in [0.15, 0.2) is 5.82 Å². The summed E-state index contributed by atoms with van der Waals surface area (Å²) in [5, 5.41) is 15.7. The Bertz CT molecular complexity index is 1660. The number of benzene rings is 2. The molecule has 0 radical (unpaired) electrons. The highest BCUT2D eigenvalue weighted by Crippen LogP contribution is 2.30. The summed E-state index contributed by atoms with van der Waals surface area (Å²) in [6, 6.07) is 10.5. The van der Waals surface area contributed by atoms with Crippen LogP contribution in [-0.2, 0) is 19.6 Å². The molecule has 0 aliphatic rings. The molecule has 0 unspecified atom stereocenters. The first-order valence-corrected chi connectivity index (χ1v) is 13.1. The lowest BCUT2D eigenvalue weighted by atomic mass is 10.00. The molecule has 0 fully saturated rings. The highest BCUT2D eigenvalue weighted by Gasteiger charge is 2.26. The summed E-state index contributed by atoms with van der Waals surface area (Å²) in [6.45, 7) is 1.65. The monoisotopic (exact) mass is 579 g/mol. The van der Waals surface area contributed by atoms with Crippen LogP contribution in [0, 0.1) is 11.6 Å². The average molecular weight is 580 g/mol. The van der Waals surface area contributed by atoms with Crippen molar-refractivity contribution in [2.45, 2.75) is 13.3 Å². The van der Waals surface area contributed by atoms with Crippen LogP contribution in [0.15, 0.2) is 54.9 Å². The molecule has 204 valence electrons. The number of pyridine rings is 1. The summed E-state index contributed by atoms with van der Waals surface area (Å²) in [7, 11) is -3.84. The van der Waals surface area contributed by atoms with Gasteiger partial charge in [-0.3, -0.25) is 9.52 Å². The lowest BCUT2D eigenvalue weighted by Crippen LogP contribution is -2.18. The normalized spacial score (nSPS) is 11.0. The highest BCUT2D eigenvalue weighted by atomic mass is 35.5. The van der Waals surface area contributed by atoms with Crippen LogP contribution in [-0.4, -0.2) is 52.1 Å². The van der Waals surface area contributed by atoms with Crippen molar-refractivity contribution in [3.05, 3.63) is 82.6 Å². The fourth-order valence-electron chi connectivity index (χ4n) is 3.45. The van der Waals surface area contributed by atoms with Gasteiger partial charge in [0.1, 0.15) is 11.5 Å². The van der Waals surface area contributed by atoms with Crippen molar-refractivity contribution in [1.29, 1.82) is 0 Å². The van der Waals surface area contributed by atoms with Gasteiger partial charge in [-0.15, -0.1) is 0 Å². The molecule has 14 heteroatoms. The maximum atomic E-state index is 15.1. The molecule has 0 spiro atoms. The zero-order valence-corrected chi connectivity index (χ0v) is 21.6. The number of carboxylic acid groups (broad SMARTS) is 2. The van der Waals surface area contributed by atoms with E-state index in [0.717, 1.165) is 17.7 Å². The quantitative estimate of drug-likeness (QED) is 0.180. The van der Waals surface area contributed by atoms with Crippen LogP contribution in [0.1, 0.15) is 29.3 Å². The average Bonchev–Trinajstić information content (AvgIpc) is 3.30. The fraction of sp³-hybridized carbons (Fsp3) is 0.120. The summed E-state index contributed by atoms with van der Waals surface area (Å²) in [4.78, 5) is 38.5. The van der Waals surface area contributed by atoms with Crippen LogP contribution in [0.4, 0.5) is 14.5 Å². The molecule has 2 aromatic heterocycles. The van der Waals surface area contributed by atoms with Gasteiger partial charge in [-0.25, -0.2) is 31.8 Å². The molecule has 0 saturated heterocycles. The topological polar surface area (TPSA) is 167 Å². The van der Waals surface area contributed by atoms with Gasteiger partial charge in [0.25, 0.3) is 0 Å². The number of hydrogen-bond donors (Lipinski definition) is 4. The van der Waals surface area contributed by atoms with Gasteiger partial charge in [0.05, 0.1) is 17.0 Å². The van der Waals surface area contributed by atoms with E-state index in [0.29, 0.717) is 28.0 Å². The molecule has 0 amide bonds. The largest absolute Gasteiger partial charge is 0.473 e. The molecule has 4 N–H and O–H groups in total. The maximum absolute atomic E-state index is 15.1. The van der Waals surface area contributed by atoms with E-state index in [9.17, 15) is 17.6 Å². The Kier molecular flexibility index (Phi) is 8.99.